The minimum Gasteiger partial charge on any atom is -0.332 e. The molecule has 2 heterocycles. The maximum Gasteiger partial charge on any atom is 0.254 e. The Morgan fingerprint density at radius 1 is 1.21 bits per heavy atom. The fourth-order valence-corrected chi connectivity index (χ4v) is 4.95. The molecule has 1 aromatic carbocycles. The van der Waals surface area contributed by atoms with E-state index in [0.29, 0.717) is 23.7 Å². The first kappa shape index (κ1) is 18.7. The summed E-state index contributed by atoms with van der Waals surface area (Å²) in [5, 5.41) is 3.05. The van der Waals surface area contributed by atoms with Gasteiger partial charge in [0.1, 0.15) is 0 Å². The topological polar surface area (TPSA) is 62.3 Å². The number of nitrogens with zero attached hydrogens (tertiary/aromatic N) is 2. The van der Waals surface area contributed by atoms with Gasteiger partial charge in [-0.25, -0.2) is 0 Å². The molecule has 28 heavy (non-hydrogen) atoms. The zero-order valence-corrected chi connectivity index (χ0v) is 16.5. The average molecular weight is 377 g/mol. The Morgan fingerprint density at radius 3 is 2.64 bits per heavy atom. The van der Waals surface area contributed by atoms with E-state index in [-0.39, 0.29) is 17.7 Å². The van der Waals surface area contributed by atoms with E-state index in [1.165, 1.54) is 0 Å². The van der Waals surface area contributed by atoms with Gasteiger partial charge in [0, 0.05) is 18.3 Å². The third-order valence-electron chi connectivity index (χ3n) is 6.03. The van der Waals surface area contributed by atoms with Gasteiger partial charge in [0.25, 0.3) is 5.91 Å². The lowest BCUT2D eigenvalue weighted by Gasteiger charge is -2.50. The number of nitrogens with one attached hydrogen (secondary N) is 1. The van der Waals surface area contributed by atoms with E-state index in [1.807, 2.05) is 41.3 Å². The second kappa shape index (κ2) is 7.38. The van der Waals surface area contributed by atoms with E-state index in [1.54, 1.807) is 12.4 Å². The van der Waals surface area contributed by atoms with E-state index in [4.69, 9.17) is 0 Å². The molecule has 2 amide bonds. The first-order valence-electron chi connectivity index (χ1n) is 10.1. The summed E-state index contributed by atoms with van der Waals surface area (Å²) >= 11 is 0. The van der Waals surface area contributed by atoms with Gasteiger partial charge in [0.15, 0.2) is 0 Å². The Kier molecular flexibility index (Phi) is 4.92. The van der Waals surface area contributed by atoms with Gasteiger partial charge in [-0.2, -0.15) is 0 Å². The molecule has 5 heteroatoms. The third-order valence-corrected chi connectivity index (χ3v) is 6.03. The van der Waals surface area contributed by atoms with Crippen molar-refractivity contribution in [2.24, 2.45) is 5.92 Å². The highest BCUT2D eigenvalue weighted by Crippen LogP contribution is 2.50. The summed E-state index contributed by atoms with van der Waals surface area (Å²) in [5.41, 5.74) is 1.76. The molecule has 1 N–H and O–H groups in total. The minimum absolute atomic E-state index is 0.0522. The molecule has 0 unspecified atom stereocenters. The van der Waals surface area contributed by atoms with Gasteiger partial charge in [-0.3, -0.25) is 14.6 Å². The number of pyridine rings is 1. The van der Waals surface area contributed by atoms with Crippen molar-refractivity contribution < 1.29 is 9.59 Å². The Balaban J connectivity index is 1.81. The average Bonchev–Trinajstić information content (AvgIpc) is 3.16. The van der Waals surface area contributed by atoms with Crippen molar-refractivity contribution in [2.75, 3.05) is 11.9 Å². The highest BCUT2D eigenvalue weighted by atomic mass is 16.2. The second-order valence-electron chi connectivity index (χ2n) is 8.37. The Morgan fingerprint density at radius 2 is 1.96 bits per heavy atom. The van der Waals surface area contributed by atoms with Crippen molar-refractivity contribution in [2.45, 2.75) is 51.0 Å². The van der Waals surface area contributed by atoms with Crippen LogP contribution in [0, 0.1) is 5.92 Å². The van der Waals surface area contributed by atoms with Crippen molar-refractivity contribution in [3.8, 4) is 0 Å². The first-order valence-corrected chi connectivity index (χ1v) is 10.1. The summed E-state index contributed by atoms with van der Waals surface area (Å²) in [6, 6.07) is 11.3. The number of fused-ring (bicyclic) bond motifs is 1. The fraction of sp³-hybridized carbons (Fsp3) is 0.435. The molecule has 146 valence electrons. The molecule has 4 rings (SSSR count). The molecule has 1 saturated carbocycles. The molecule has 1 fully saturated rings. The molecule has 0 saturated heterocycles. The van der Waals surface area contributed by atoms with E-state index >= 15 is 0 Å². The van der Waals surface area contributed by atoms with Crippen LogP contribution in [0.4, 0.5) is 5.69 Å². The van der Waals surface area contributed by atoms with E-state index in [9.17, 15) is 9.59 Å². The molecule has 0 bridgehead atoms. The molecule has 1 aliphatic carbocycles. The van der Waals surface area contributed by atoms with Crippen LogP contribution in [0.15, 0.2) is 48.8 Å². The van der Waals surface area contributed by atoms with Gasteiger partial charge in [-0.05, 0) is 42.5 Å². The molecule has 1 spiro atoms. The molecule has 1 aliphatic heterocycles. The molecule has 1 atom stereocenters. The van der Waals surface area contributed by atoms with Crippen molar-refractivity contribution >= 4 is 17.5 Å². The van der Waals surface area contributed by atoms with E-state index in [2.05, 4.69) is 24.1 Å². The lowest BCUT2D eigenvalue weighted by atomic mass is 9.70. The number of rotatable bonds is 4. The predicted octanol–water partition coefficient (Wildman–Crippen LogP) is 4.23. The number of hydrogen-bond donors (Lipinski definition) is 1. The monoisotopic (exact) mass is 377 g/mol. The molecular formula is C23H27N3O2. The number of carbonyl (C=O) groups excluding carboxylic acids is 2. The number of hydrogen-bond acceptors (Lipinski definition) is 3. The molecular weight excluding hydrogens is 350 g/mol. The van der Waals surface area contributed by atoms with Gasteiger partial charge >= 0.3 is 0 Å². The zero-order chi connectivity index (χ0) is 19.7. The Labute approximate surface area is 166 Å². The summed E-state index contributed by atoms with van der Waals surface area (Å²) in [6.07, 6.45) is 7.16. The normalized spacial score (nSPS) is 20.5. The lowest BCUT2D eigenvalue weighted by Crippen LogP contribution is -2.60. The highest BCUT2D eigenvalue weighted by Gasteiger charge is 2.55. The summed E-state index contributed by atoms with van der Waals surface area (Å²) in [5.74, 6) is -0.0168. The highest BCUT2D eigenvalue weighted by molar-refractivity contribution is 6.05. The number of benzene rings is 1. The first-order chi connectivity index (χ1) is 13.5. The number of anilines is 1. The zero-order valence-electron chi connectivity index (χ0n) is 16.5. The van der Waals surface area contributed by atoms with Crippen molar-refractivity contribution in [1.82, 2.24) is 9.88 Å². The Hall–Kier alpha value is -2.69. The maximum absolute atomic E-state index is 13.6. The molecule has 0 radical (unpaired) electrons. The van der Waals surface area contributed by atoms with Crippen LogP contribution in [0.25, 0.3) is 0 Å². The minimum atomic E-state index is -0.442. The van der Waals surface area contributed by atoms with Gasteiger partial charge < -0.3 is 10.2 Å². The SMILES string of the molecule is CC(C)CN1C(=O)c2ccccc2[C@@H](C(=O)Nc2cccnc2)C12CCCC2. The summed E-state index contributed by atoms with van der Waals surface area (Å²) in [6.45, 7) is 4.92. The van der Waals surface area contributed by atoms with Crippen molar-refractivity contribution in [1.29, 1.82) is 0 Å². The third kappa shape index (κ3) is 3.09. The van der Waals surface area contributed by atoms with Crippen LogP contribution in [-0.4, -0.2) is 33.8 Å². The Bertz CT molecular complexity index is 872. The number of carbonyl (C=O) groups is 2. The second-order valence-corrected chi connectivity index (χ2v) is 8.37. The van der Waals surface area contributed by atoms with E-state index < -0.39 is 5.54 Å². The van der Waals surface area contributed by atoms with Crippen LogP contribution in [-0.2, 0) is 4.79 Å². The van der Waals surface area contributed by atoms with Gasteiger partial charge in [-0.1, -0.05) is 44.9 Å². The molecule has 2 aliphatic rings. The summed E-state index contributed by atoms with van der Waals surface area (Å²) in [7, 11) is 0. The lowest BCUT2D eigenvalue weighted by molar-refractivity contribution is -0.121. The van der Waals surface area contributed by atoms with Crippen molar-refractivity contribution in [3.05, 3.63) is 59.9 Å². The van der Waals surface area contributed by atoms with Crippen LogP contribution in [0.2, 0.25) is 0 Å². The molecule has 2 aromatic rings. The quantitative estimate of drug-likeness (QED) is 0.867. The van der Waals surface area contributed by atoms with Crippen molar-refractivity contribution in [3.63, 3.8) is 0 Å². The number of aromatic nitrogens is 1. The van der Waals surface area contributed by atoms with Crippen LogP contribution in [0.1, 0.15) is 61.4 Å². The van der Waals surface area contributed by atoms with Crippen LogP contribution < -0.4 is 5.32 Å². The largest absolute Gasteiger partial charge is 0.332 e. The van der Waals surface area contributed by atoms with Gasteiger partial charge in [0.05, 0.1) is 23.3 Å². The van der Waals surface area contributed by atoms with Gasteiger partial charge in [-0.15, -0.1) is 0 Å². The van der Waals surface area contributed by atoms with Crippen LogP contribution in [0.3, 0.4) is 0 Å². The smallest absolute Gasteiger partial charge is 0.254 e. The molecule has 1 aromatic heterocycles. The number of amides is 2. The maximum atomic E-state index is 13.6. The van der Waals surface area contributed by atoms with E-state index in [0.717, 1.165) is 31.2 Å². The summed E-state index contributed by atoms with van der Waals surface area (Å²) < 4.78 is 0. The van der Waals surface area contributed by atoms with Gasteiger partial charge in [0.2, 0.25) is 5.91 Å². The van der Waals surface area contributed by atoms with Crippen LogP contribution in [0.5, 0.6) is 0 Å². The summed E-state index contributed by atoms with van der Waals surface area (Å²) in [4.78, 5) is 33.1. The van der Waals surface area contributed by atoms with Crippen LogP contribution >= 0.6 is 0 Å². The predicted molar refractivity (Wildman–Crippen MR) is 109 cm³/mol. The standard InChI is InChI=1S/C23H27N3O2/c1-16(2)15-26-22(28)19-10-4-3-9-18(19)20(23(26)11-5-6-12-23)21(27)25-17-8-7-13-24-14-17/h3-4,7-10,13-14,16,20H,5-6,11-12,15H2,1-2H3,(H,25,27)/t20-/m0/s1. The fourth-order valence-electron chi connectivity index (χ4n) is 4.95. The molecule has 5 nitrogen and oxygen atoms in total.